The highest BCUT2D eigenvalue weighted by Crippen LogP contribution is 2.43. The van der Waals surface area contributed by atoms with Crippen molar-refractivity contribution in [2.75, 3.05) is 0 Å². The summed E-state index contributed by atoms with van der Waals surface area (Å²) in [7, 11) is -2.45. The van der Waals surface area contributed by atoms with Crippen LogP contribution in [0.1, 0.15) is 40.2 Å². The van der Waals surface area contributed by atoms with Crippen LogP contribution in [0.25, 0.3) is 5.57 Å². The van der Waals surface area contributed by atoms with Gasteiger partial charge in [-0.25, -0.2) is 22.0 Å². The molecule has 1 unspecified atom stereocenters. The summed E-state index contributed by atoms with van der Waals surface area (Å²) in [6.45, 7) is 13.6. The van der Waals surface area contributed by atoms with Crippen LogP contribution in [0.3, 0.4) is 0 Å². The van der Waals surface area contributed by atoms with Gasteiger partial charge in [0, 0.05) is 5.54 Å². The van der Waals surface area contributed by atoms with Gasteiger partial charge in [0.1, 0.15) is 8.24 Å². The Labute approximate surface area is 152 Å². The van der Waals surface area contributed by atoms with E-state index in [1.54, 1.807) is 6.92 Å². The highest BCUT2D eigenvalue weighted by molar-refractivity contribution is 6.83. The fraction of sp³-hybridized carbons (Fsp3) is 0.474. The smallest absolute Gasteiger partial charge is 0.200 e. The van der Waals surface area contributed by atoms with Crippen LogP contribution in [0.15, 0.2) is 16.8 Å². The van der Waals surface area contributed by atoms with Crippen molar-refractivity contribution in [3.8, 4) is 0 Å². The molecule has 0 saturated heterocycles. The summed E-state index contributed by atoms with van der Waals surface area (Å²) in [5.41, 5.74) is -0.164. The SMILES string of the molecule is CC1=CC(c2c(F)c(F)c(F)c(F)c2F)=C([Si](C)(C)NC(C)(C)C)C1C. The van der Waals surface area contributed by atoms with Crippen LogP contribution in [0.2, 0.25) is 13.1 Å². The standard InChI is InChI=1S/C19H24F5NSi/c1-9-8-11(12-13(20)15(22)17(24)16(23)14(12)21)18(10(9)2)26(6,7)25-19(3,4)5/h8,10,25H,1-7H3. The van der Waals surface area contributed by atoms with Gasteiger partial charge in [0.15, 0.2) is 23.3 Å². The average molecular weight is 389 g/mol. The molecule has 0 aromatic heterocycles. The van der Waals surface area contributed by atoms with Crippen LogP contribution in [0, 0.1) is 35.0 Å². The van der Waals surface area contributed by atoms with Gasteiger partial charge in [-0.15, -0.1) is 0 Å². The molecular weight excluding hydrogens is 365 g/mol. The van der Waals surface area contributed by atoms with Crippen molar-refractivity contribution in [3.05, 3.63) is 51.5 Å². The Hall–Kier alpha value is -1.47. The number of halogens is 5. The van der Waals surface area contributed by atoms with Crippen LogP contribution in [-0.4, -0.2) is 13.8 Å². The summed E-state index contributed by atoms with van der Waals surface area (Å²) in [5, 5.41) is 0.730. The molecule has 144 valence electrons. The fourth-order valence-corrected chi connectivity index (χ4v) is 8.01. The normalized spacial score (nSPS) is 18.6. The topological polar surface area (TPSA) is 12.0 Å². The van der Waals surface area contributed by atoms with Gasteiger partial charge in [0.05, 0.1) is 5.56 Å². The van der Waals surface area contributed by atoms with Crippen LogP contribution in [0.5, 0.6) is 0 Å². The fourth-order valence-electron chi connectivity index (χ4n) is 3.82. The van der Waals surface area contributed by atoms with E-state index in [0.717, 1.165) is 10.8 Å². The quantitative estimate of drug-likeness (QED) is 0.295. The molecule has 7 heteroatoms. The molecule has 1 aliphatic carbocycles. The number of benzene rings is 1. The molecule has 1 aromatic rings. The predicted molar refractivity (Wildman–Crippen MR) is 96.4 cm³/mol. The molecular formula is C19H24F5NSi. The molecule has 0 bridgehead atoms. The summed E-state index contributed by atoms with van der Waals surface area (Å²) < 4.78 is 69.7. The second-order valence-electron chi connectivity index (χ2n) is 8.38. The zero-order chi connectivity index (χ0) is 20.2. The van der Waals surface area contributed by atoms with Crippen LogP contribution in [-0.2, 0) is 0 Å². The molecule has 1 N–H and O–H groups in total. The third-order valence-electron chi connectivity index (χ3n) is 4.62. The molecule has 1 aliphatic rings. The van der Waals surface area contributed by atoms with Gasteiger partial charge in [0.2, 0.25) is 5.82 Å². The molecule has 2 rings (SSSR count). The first-order valence-corrected chi connectivity index (χ1v) is 11.4. The van der Waals surface area contributed by atoms with Crippen molar-refractivity contribution in [2.24, 2.45) is 5.92 Å². The number of rotatable bonds is 3. The summed E-state index contributed by atoms with van der Waals surface area (Å²) >= 11 is 0. The third kappa shape index (κ3) is 3.51. The molecule has 0 heterocycles. The number of nitrogens with one attached hydrogen (secondary N) is 1. The van der Waals surface area contributed by atoms with Crippen molar-refractivity contribution >= 4 is 13.8 Å². The summed E-state index contributed by atoms with van der Waals surface area (Å²) in [6, 6.07) is 0. The maximum atomic E-state index is 14.4. The Morgan fingerprint density at radius 1 is 0.885 bits per heavy atom. The van der Waals surface area contributed by atoms with Gasteiger partial charge in [-0.05, 0) is 39.2 Å². The molecule has 0 spiro atoms. The lowest BCUT2D eigenvalue weighted by Crippen LogP contribution is -2.56. The van der Waals surface area contributed by atoms with Crippen LogP contribution < -0.4 is 4.98 Å². The van der Waals surface area contributed by atoms with Gasteiger partial charge in [-0.2, -0.15) is 0 Å². The molecule has 0 amide bonds. The lowest BCUT2D eigenvalue weighted by Gasteiger charge is -2.37. The number of allylic oxidation sites excluding steroid dienone is 4. The Kier molecular flexibility index (Phi) is 5.29. The van der Waals surface area contributed by atoms with Crippen molar-refractivity contribution in [3.63, 3.8) is 0 Å². The maximum Gasteiger partial charge on any atom is 0.200 e. The van der Waals surface area contributed by atoms with Gasteiger partial charge >= 0.3 is 0 Å². The highest BCUT2D eigenvalue weighted by atomic mass is 28.3. The molecule has 26 heavy (non-hydrogen) atoms. The van der Waals surface area contributed by atoms with E-state index in [4.69, 9.17) is 0 Å². The average Bonchev–Trinajstić information content (AvgIpc) is 2.77. The highest BCUT2D eigenvalue weighted by Gasteiger charge is 2.40. The van der Waals surface area contributed by atoms with E-state index in [2.05, 4.69) is 4.98 Å². The largest absolute Gasteiger partial charge is 0.329 e. The number of hydrogen-bond donors (Lipinski definition) is 1. The lowest BCUT2D eigenvalue weighted by molar-refractivity contribution is 0.376. The Balaban J connectivity index is 2.82. The minimum absolute atomic E-state index is 0.108. The van der Waals surface area contributed by atoms with Gasteiger partial charge in [0.25, 0.3) is 0 Å². The van der Waals surface area contributed by atoms with Gasteiger partial charge in [-0.3, -0.25) is 0 Å². The van der Waals surface area contributed by atoms with Crippen LogP contribution >= 0.6 is 0 Å². The summed E-state index contributed by atoms with van der Waals surface area (Å²) in [6.07, 6.45) is 1.54. The third-order valence-corrected chi connectivity index (χ3v) is 8.04. The van der Waals surface area contributed by atoms with E-state index in [-0.39, 0.29) is 17.0 Å². The second-order valence-corrected chi connectivity index (χ2v) is 12.4. The summed E-state index contributed by atoms with van der Waals surface area (Å²) in [5.74, 6) is -9.68. The summed E-state index contributed by atoms with van der Waals surface area (Å²) in [4.78, 5) is 3.51. The molecule has 0 aliphatic heterocycles. The second kappa shape index (κ2) is 6.60. The van der Waals surface area contributed by atoms with Crippen molar-refractivity contribution in [1.29, 1.82) is 0 Å². The first kappa shape index (κ1) is 20.8. The molecule has 0 radical (unpaired) electrons. The van der Waals surface area contributed by atoms with E-state index in [0.29, 0.717) is 0 Å². The first-order valence-electron chi connectivity index (χ1n) is 8.43. The minimum atomic E-state index is -2.45. The molecule has 1 aromatic carbocycles. The van der Waals surface area contributed by atoms with E-state index < -0.39 is 42.9 Å². The predicted octanol–water partition coefficient (Wildman–Crippen LogP) is 5.86. The monoisotopic (exact) mass is 389 g/mol. The van der Waals surface area contributed by atoms with E-state index in [9.17, 15) is 22.0 Å². The van der Waals surface area contributed by atoms with E-state index in [1.165, 1.54) is 6.08 Å². The Bertz CT molecular complexity index is 789. The first-order chi connectivity index (χ1) is 11.7. The van der Waals surface area contributed by atoms with Crippen LogP contribution in [0.4, 0.5) is 22.0 Å². The molecule has 1 nitrogen and oxygen atoms in total. The number of hydrogen-bond acceptors (Lipinski definition) is 1. The molecule has 1 atom stereocenters. The Morgan fingerprint density at radius 3 is 1.73 bits per heavy atom. The van der Waals surface area contributed by atoms with Gasteiger partial charge < -0.3 is 4.98 Å². The molecule has 0 saturated carbocycles. The van der Waals surface area contributed by atoms with Crippen molar-refractivity contribution in [2.45, 2.75) is 53.3 Å². The zero-order valence-electron chi connectivity index (χ0n) is 16.0. The van der Waals surface area contributed by atoms with E-state index >= 15 is 0 Å². The lowest BCUT2D eigenvalue weighted by atomic mass is 10.0. The maximum absolute atomic E-state index is 14.4. The van der Waals surface area contributed by atoms with Crippen molar-refractivity contribution in [1.82, 2.24) is 4.98 Å². The molecule has 0 fully saturated rings. The van der Waals surface area contributed by atoms with Gasteiger partial charge in [-0.1, -0.05) is 36.9 Å². The zero-order valence-corrected chi connectivity index (χ0v) is 17.0. The van der Waals surface area contributed by atoms with Crippen molar-refractivity contribution < 1.29 is 22.0 Å². The minimum Gasteiger partial charge on any atom is -0.329 e. The van der Waals surface area contributed by atoms with E-state index in [1.807, 2.05) is 40.8 Å². The Morgan fingerprint density at radius 2 is 1.31 bits per heavy atom.